The summed E-state index contributed by atoms with van der Waals surface area (Å²) in [6.07, 6.45) is 2.80. The molecule has 2 nitrogen and oxygen atoms in total. The summed E-state index contributed by atoms with van der Waals surface area (Å²) in [6, 6.07) is 0. The zero-order chi connectivity index (χ0) is 7.40. The highest BCUT2D eigenvalue weighted by molar-refractivity contribution is 4.71. The fraction of sp³-hybridized carbons (Fsp3) is 0.875. The van der Waals surface area contributed by atoms with Gasteiger partial charge in [-0.15, -0.1) is 0 Å². The lowest BCUT2D eigenvalue weighted by Crippen LogP contribution is -2.32. The van der Waals surface area contributed by atoms with Gasteiger partial charge in [-0.05, 0) is 32.9 Å². The van der Waals surface area contributed by atoms with Crippen LogP contribution in [0.5, 0.6) is 0 Å². The van der Waals surface area contributed by atoms with Gasteiger partial charge in [-0.25, -0.2) is 0 Å². The van der Waals surface area contributed by atoms with Gasteiger partial charge in [0.05, 0.1) is 6.10 Å². The van der Waals surface area contributed by atoms with Crippen molar-refractivity contribution in [2.75, 3.05) is 19.7 Å². The van der Waals surface area contributed by atoms with Crippen LogP contribution in [0.3, 0.4) is 0 Å². The van der Waals surface area contributed by atoms with Gasteiger partial charge in [0, 0.05) is 6.61 Å². The molecule has 0 aromatic carbocycles. The Labute approximate surface area is 63.2 Å². The summed E-state index contributed by atoms with van der Waals surface area (Å²) >= 11 is 0. The van der Waals surface area contributed by atoms with Crippen molar-refractivity contribution in [1.29, 1.82) is 0 Å². The van der Waals surface area contributed by atoms with E-state index in [1.807, 2.05) is 0 Å². The molecule has 1 saturated heterocycles. The smallest absolute Gasteiger partial charge is 0.0597 e. The molecule has 0 N–H and O–H groups in total. The minimum Gasteiger partial charge on any atom is -0.459 e. The second kappa shape index (κ2) is 3.94. The van der Waals surface area contributed by atoms with Crippen molar-refractivity contribution in [3.05, 3.63) is 7.05 Å². The molecule has 1 rings (SSSR count). The number of hydrogen-bond acceptors (Lipinski definition) is 2. The van der Waals surface area contributed by atoms with Gasteiger partial charge in [0.15, 0.2) is 0 Å². The van der Waals surface area contributed by atoms with Crippen LogP contribution in [0, 0.1) is 7.05 Å². The lowest BCUT2D eigenvalue weighted by Gasteiger charge is -2.34. The maximum absolute atomic E-state index is 5.48. The van der Waals surface area contributed by atoms with Crippen LogP contribution < -0.4 is 0 Å². The summed E-state index contributed by atoms with van der Waals surface area (Å²) in [5, 5.41) is 0. The Hall–Kier alpha value is -0.0800. The molecule has 0 spiro atoms. The van der Waals surface area contributed by atoms with Crippen LogP contribution in [0.25, 0.3) is 0 Å². The summed E-state index contributed by atoms with van der Waals surface area (Å²) in [5.41, 5.74) is 0. The fourth-order valence-corrected chi connectivity index (χ4v) is 1.31. The van der Waals surface area contributed by atoms with Crippen LogP contribution >= 0.6 is 0 Å². The lowest BCUT2D eigenvalue weighted by atomic mass is 10.1. The number of hydrogen-bond donors (Lipinski definition) is 0. The molecule has 1 aliphatic heterocycles. The van der Waals surface area contributed by atoms with Crippen LogP contribution in [-0.4, -0.2) is 30.7 Å². The van der Waals surface area contributed by atoms with Gasteiger partial charge in [-0.1, -0.05) is 0 Å². The number of ether oxygens (including phenoxy) is 1. The zero-order valence-corrected chi connectivity index (χ0v) is 6.68. The van der Waals surface area contributed by atoms with Crippen molar-refractivity contribution in [3.63, 3.8) is 0 Å². The minimum absolute atomic E-state index is 0.503. The minimum atomic E-state index is 0.503. The number of piperidine rings is 1. The van der Waals surface area contributed by atoms with E-state index in [0.717, 1.165) is 32.5 Å². The first-order valence-corrected chi connectivity index (χ1v) is 4.00. The van der Waals surface area contributed by atoms with E-state index < -0.39 is 0 Å². The third-order valence-corrected chi connectivity index (χ3v) is 1.94. The molecule has 0 aromatic heterocycles. The van der Waals surface area contributed by atoms with E-state index in [1.54, 1.807) is 0 Å². The molecule has 1 heterocycles. The molecule has 1 aliphatic rings. The lowest BCUT2D eigenvalue weighted by molar-refractivity contribution is 0.0229. The van der Waals surface area contributed by atoms with Gasteiger partial charge in [0.25, 0.3) is 0 Å². The predicted molar refractivity (Wildman–Crippen MR) is 41.6 cm³/mol. The number of rotatable bonds is 2. The number of likely N-dealkylation sites (tertiary alicyclic amines) is 1. The first-order valence-electron chi connectivity index (χ1n) is 4.00. The molecule has 0 saturated carbocycles. The topological polar surface area (TPSA) is 12.5 Å². The van der Waals surface area contributed by atoms with E-state index in [4.69, 9.17) is 4.74 Å². The summed E-state index contributed by atoms with van der Waals surface area (Å²) in [7, 11) is 3.87. The summed E-state index contributed by atoms with van der Waals surface area (Å²) in [4.78, 5) is 2.11. The highest BCUT2D eigenvalue weighted by Crippen LogP contribution is 2.11. The van der Waals surface area contributed by atoms with E-state index in [1.165, 1.54) is 0 Å². The summed E-state index contributed by atoms with van der Waals surface area (Å²) in [5.74, 6) is 0. The Morgan fingerprint density at radius 3 is 2.60 bits per heavy atom. The standard InChI is InChI=1S/C8H16NO/c1-3-10-8-4-6-9(2)7-5-8/h8H,2-7H2,1H3/q-1. The Morgan fingerprint density at radius 1 is 1.50 bits per heavy atom. The monoisotopic (exact) mass is 142 g/mol. The molecule has 0 bridgehead atoms. The molecule has 60 valence electrons. The van der Waals surface area contributed by atoms with Crippen molar-refractivity contribution in [2.24, 2.45) is 0 Å². The third kappa shape index (κ3) is 2.27. The van der Waals surface area contributed by atoms with Crippen molar-refractivity contribution in [3.8, 4) is 0 Å². The normalized spacial score (nSPS) is 23.4. The molecule has 0 aliphatic carbocycles. The first-order chi connectivity index (χ1) is 4.83. The largest absolute Gasteiger partial charge is 0.459 e. The summed E-state index contributed by atoms with van der Waals surface area (Å²) in [6.45, 7) is 5.08. The van der Waals surface area contributed by atoms with E-state index in [2.05, 4.69) is 18.9 Å². The SMILES string of the molecule is [CH2-]N1CCC(OCC)CC1. The maximum Gasteiger partial charge on any atom is 0.0597 e. The average molecular weight is 142 g/mol. The van der Waals surface area contributed by atoms with Crippen LogP contribution in [0.4, 0.5) is 0 Å². The highest BCUT2D eigenvalue weighted by atomic mass is 16.5. The van der Waals surface area contributed by atoms with E-state index in [9.17, 15) is 0 Å². The van der Waals surface area contributed by atoms with E-state index in [-0.39, 0.29) is 0 Å². The molecular formula is C8H16NO-. The van der Waals surface area contributed by atoms with Crippen LogP contribution in [0.2, 0.25) is 0 Å². The fourth-order valence-electron chi connectivity index (χ4n) is 1.31. The molecule has 0 amide bonds. The molecule has 0 unspecified atom stereocenters. The molecule has 1 fully saturated rings. The second-order valence-electron chi connectivity index (χ2n) is 2.77. The molecule has 10 heavy (non-hydrogen) atoms. The molecule has 0 atom stereocenters. The van der Waals surface area contributed by atoms with Gasteiger partial charge >= 0.3 is 0 Å². The Kier molecular flexibility index (Phi) is 3.16. The van der Waals surface area contributed by atoms with Crippen LogP contribution in [0.1, 0.15) is 19.8 Å². The van der Waals surface area contributed by atoms with Gasteiger partial charge in [0.2, 0.25) is 0 Å². The van der Waals surface area contributed by atoms with Crippen LogP contribution in [0.15, 0.2) is 0 Å². The van der Waals surface area contributed by atoms with E-state index in [0.29, 0.717) is 6.10 Å². The van der Waals surface area contributed by atoms with E-state index >= 15 is 0 Å². The van der Waals surface area contributed by atoms with Gasteiger partial charge in [-0.3, -0.25) is 7.05 Å². The van der Waals surface area contributed by atoms with Gasteiger partial charge in [-0.2, -0.15) is 0 Å². The van der Waals surface area contributed by atoms with Crippen molar-refractivity contribution in [1.82, 2.24) is 4.90 Å². The number of nitrogens with zero attached hydrogens (tertiary/aromatic N) is 1. The first kappa shape index (κ1) is 8.02. The third-order valence-electron chi connectivity index (χ3n) is 1.94. The van der Waals surface area contributed by atoms with Gasteiger partial charge in [0.1, 0.15) is 0 Å². The van der Waals surface area contributed by atoms with Crippen molar-refractivity contribution in [2.45, 2.75) is 25.9 Å². The van der Waals surface area contributed by atoms with Gasteiger partial charge < -0.3 is 9.64 Å². The Balaban J connectivity index is 2.13. The average Bonchev–Trinajstić information content (AvgIpc) is 1.95. The quantitative estimate of drug-likeness (QED) is 0.538. The van der Waals surface area contributed by atoms with Crippen molar-refractivity contribution < 1.29 is 4.74 Å². The molecule has 2 heteroatoms. The second-order valence-corrected chi connectivity index (χ2v) is 2.77. The molecule has 0 aromatic rings. The highest BCUT2D eigenvalue weighted by Gasteiger charge is 2.12. The summed E-state index contributed by atoms with van der Waals surface area (Å²) < 4.78 is 5.48. The zero-order valence-electron chi connectivity index (χ0n) is 6.68. The van der Waals surface area contributed by atoms with Crippen molar-refractivity contribution >= 4 is 0 Å². The van der Waals surface area contributed by atoms with Crippen LogP contribution in [-0.2, 0) is 4.74 Å². The Morgan fingerprint density at radius 2 is 2.10 bits per heavy atom. The Bertz CT molecular complexity index is 87.3. The predicted octanol–water partition coefficient (Wildman–Crippen LogP) is 1.28. The molecular weight excluding hydrogens is 126 g/mol. The molecule has 0 radical (unpaired) electrons. The maximum atomic E-state index is 5.48.